The van der Waals surface area contributed by atoms with Gasteiger partial charge in [0.15, 0.2) is 5.82 Å². The van der Waals surface area contributed by atoms with Crippen molar-refractivity contribution in [2.24, 2.45) is 0 Å². The average Bonchev–Trinajstić information content (AvgIpc) is 2.90. The number of rotatable bonds is 7. The molecule has 0 radical (unpaired) electrons. The molecule has 0 saturated heterocycles. The average molecular weight is 289 g/mol. The zero-order valence-corrected chi connectivity index (χ0v) is 12.9. The second-order valence-corrected chi connectivity index (χ2v) is 4.82. The summed E-state index contributed by atoms with van der Waals surface area (Å²) < 4.78 is 7.37. The first-order valence-corrected chi connectivity index (χ1v) is 7.51. The van der Waals surface area contributed by atoms with Crippen molar-refractivity contribution in [3.05, 3.63) is 41.5 Å². The van der Waals surface area contributed by atoms with Gasteiger partial charge in [-0.1, -0.05) is 32.0 Å². The number of para-hydroxylation sites is 1. The molecule has 0 amide bonds. The lowest BCUT2D eigenvalue weighted by atomic mass is 10.1. The highest BCUT2D eigenvalue weighted by Crippen LogP contribution is 2.26. The van der Waals surface area contributed by atoms with Crippen LogP contribution in [0.25, 0.3) is 0 Å². The maximum atomic E-state index is 10.5. The topological polar surface area (TPSA) is 60.2 Å². The van der Waals surface area contributed by atoms with E-state index in [1.165, 1.54) is 0 Å². The molecule has 2 rings (SSSR count). The normalized spacial score (nSPS) is 12.4. The monoisotopic (exact) mass is 289 g/mol. The highest BCUT2D eigenvalue weighted by atomic mass is 16.5. The summed E-state index contributed by atoms with van der Waals surface area (Å²) in [5.41, 5.74) is 0.787. The second-order valence-electron chi connectivity index (χ2n) is 4.82. The SMILES string of the molecule is CCOc1ccccc1C(O)Cn1nc(CC)nc1CC. The van der Waals surface area contributed by atoms with E-state index in [4.69, 9.17) is 4.74 Å². The van der Waals surface area contributed by atoms with E-state index in [2.05, 4.69) is 10.1 Å². The largest absolute Gasteiger partial charge is 0.493 e. The van der Waals surface area contributed by atoms with Gasteiger partial charge in [-0.3, -0.25) is 0 Å². The van der Waals surface area contributed by atoms with Gasteiger partial charge in [0.1, 0.15) is 17.7 Å². The fourth-order valence-electron chi connectivity index (χ4n) is 2.29. The molecule has 1 N–H and O–H groups in total. The fraction of sp³-hybridized carbons (Fsp3) is 0.500. The van der Waals surface area contributed by atoms with E-state index in [1.807, 2.05) is 45.0 Å². The van der Waals surface area contributed by atoms with Gasteiger partial charge in [-0.2, -0.15) is 5.10 Å². The molecule has 21 heavy (non-hydrogen) atoms. The molecule has 0 aliphatic carbocycles. The minimum Gasteiger partial charge on any atom is -0.493 e. The Bertz CT molecular complexity index is 581. The number of benzene rings is 1. The summed E-state index contributed by atoms with van der Waals surface area (Å²) in [5, 5.41) is 15.0. The third-order valence-corrected chi connectivity index (χ3v) is 3.35. The van der Waals surface area contributed by atoms with Crippen LogP contribution in [0.1, 0.15) is 44.1 Å². The first-order valence-electron chi connectivity index (χ1n) is 7.51. The molecule has 1 unspecified atom stereocenters. The minimum atomic E-state index is -0.663. The maximum absolute atomic E-state index is 10.5. The summed E-state index contributed by atoms with van der Waals surface area (Å²) in [5.74, 6) is 2.44. The van der Waals surface area contributed by atoms with Gasteiger partial charge in [0.2, 0.25) is 0 Å². The van der Waals surface area contributed by atoms with Crippen LogP contribution in [0.2, 0.25) is 0 Å². The Morgan fingerprint density at radius 3 is 2.62 bits per heavy atom. The Hall–Kier alpha value is -1.88. The fourth-order valence-corrected chi connectivity index (χ4v) is 2.29. The number of hydrogen-bond acceptors (Lipinski definition) is 4. The van der Waals surface area contributed by atoms with Gasteiger partial charge in [0.25, 0.3) is 0 Å². The lowest BCUT2D eigenvalue weighted by Crippen LogP contribution is -2.14. The van der Waals surface area contributed by atoms with Gasteiger partial charge < -0.3 is 9.84 Å². The van der Waals surface area contributed by atoms with Gasteiger partial charge in [-0.15, -0.1) is 0 Å². The van der Waals surface area contributed by atoms with E-state index in [0.717, 1.165) is 35.8 Å². The van der Waals surface area contributed by atoms with Crippen molar-refractivity contribution < 1.29 is 9.84 Å². The van der Waals surface area contributed by atoms with Crippen LogP contribution in [-0.4, -0.2) is 26.5 Å². The summed E-state index contributed by atoms with van der Waals surface area (Å²) >= 11 is 0. The van der Waals surface area contributed by atoms with Crippen molar-refractivity contribution >= 4 is 0 Å². The Balaban J connectivity index is 2.21. The van der Waals surface area contributed by atoms with Crippen LogP contribution in [0.15, 0.2) is 24.3 Å². The summed E-state index contributed by atoms with van der Waals surface area (Å²) in [6.45, 7) is 6.97. The second kappa shape index (κ2) is 7.22. The van der Waals surface area contributed by atoms with E-state index in [-0.39, 0.29) is 0 Å². The van der Waals surface area contributed by atoms with Gasteiger partial charge >= 0.3 is 0 Å². The molecule has 1 heterocycles. The van der Waals surface area contributed by atoms with Crippen molar-refractivity contribution in [2.45, 2.75) is 46.3 Å². The maximum Gasteiger partial charge on any atom is 0.150 e. The molecule has 0 bridgehead atoms. The quantitative estimate of drug-likeness (QED) is 0.851. The molecule has 1 aromatic heterocycles. The predicted octanol–water partition coefficient (Wildman–Crippen LogP) is 2.54. The number of ether oxygens (including phenoxy) is 1. The smallest absolute Gasteiger partial charge is 0.150 e. The van der Waals surface area contributed by atoms with E-state index in [0.29, 0.717) is 13.2 Å². The van der Waals surface area contributed by atoms with Gasteiger partial charge in [-0.05, 0) is 13.0 Å². The molecule has 5 heteroatoms. The zero-order chi connectivity index (χ0) is 15.2. The summed E-state index contributed by atoms with van der Waals surface area (Å²) in [7, 11) is 0. The van der Waals surface area contributed by atoms with Gasteiger partial charge in [-0.25, -0.2) is 9.67 Å². The molecule has 0 aliphatic rings. The Morgan fingerprint density at radius 1 is 1.19 bits per heavy atom. The number of hydrogen-bond donors (Lipinski definition) is 1. The first-order chi connectivity index (χ1) is 10.2. The highest BCUT2D eigenvalue weighted by Gasteiger charge is 2.16. The molecule has 0 aliphatic heterocycles. The van der Waals surface area contributed by atoms with Crippen molar-refractivity contribution in [2.75, 3.05) is 6.61 Å². The van der Waals surface area contributed by atoms with Crippen LogP contribution in [-0.2, 0) is 19.4 Å². The van der Waals surface area contributed by atoms with Crippen molar-refractivity contribution in [3.63, 3.8) is 0 Å². The van der Waals surface area contributed by atoms with Gasteiger partial charge in [0.05, 0.1) is 13.2 Å². The number of aryl methyl sites for hydroxylation is 2. The Kier molecular flexibility index (Phi) is 5.33. The van der Waals surface area contributed by atoms with Crippen molar-refractivity contribution in [1.82, 2.24) is 14.8 Å². The summed E-state index contributed by atoms with van der Waals surface area (Å²) in [6, 6.07) is 7.57. The summed E-state index contributed by atoms with van der Waals surface area (Å²) in [4.78, 5) is 4.46. The standard InChI is InChI=1S/C16H23N3O2/c1-4-15-17-16(5-2)19(18-15)11-13(20)12-9-7-8-10-14(12)21-6-3/h7-10,13,20H,4-6,11H2,1-3H3. The minimum absolute atomic E-state index is 0.389. The number of aliphatic hydroxyl groups is 1. The molecule has 0 spiro atoms. The van der Waals surface area contributed by atoms with Crippen LogP contribution < -0.4 is 4.74 Å². The summed E-state index contributed by atoms with van der Waals surface area (Å²) in [6.07, 6.45) is 0.933. The van der Waals surface area contributed by atoms with Crippen molar-refractivity contribution in [1.29, 1.82) is 0 Å². The van der Waals surface area contributed by atoms with Gasteiger partial charge in [0, 0.05) is 18.4 Å². The first kappa shape index (κ1) is 15.5. The van der Waals surface area contributed by atoms with Crippen LogP contribution in [0.5, 0.6) is 5.75 Å². The van der Waals surface area contributed by atoms with Crippen LogP contribution >= 0.6 is 0 Å². The molecule has 114 valence electrons. The molecule has 1 atom stereocenters. The molecular formula is C16H23N3O2. The van der Waals surface area contributed by atoms with E-state index < -0.39 is 6.10 Å². The Morgan fingerprint density at radius 2 is 1.95 bits per heavy atom. The van der Waals surface area contributed by atoms with E-state index >= 15 is 0 Å². The molecular weight excluding hydrogens is 266 g/mol. The Labute approximate surface area is 125 Å². The van der Waals surface area contributed by atoms with E-state index in [1.54, 1.807) is 4.68 Å². The third kappa shape index (κ3) is 3.61. The zero-order valence-electron chi connectivity index (χ0n) is 12.9. The molecule has 0 saturated carbocycles. The molecule has 1 aromatic carbocycles. The number of nitrogens with zero attached hydrogens (tertiary/aromatic N) is 3. The van der Waals surface area contributed by atoms with Crippen LogP contribution in [0.3, 0.4) is 0 Å². The van der Waals surface area contributed by atoms with Crippen molar-refractivity contribution in [3.8, 4) is 5.75 Å². The highest BCUT2D eigenvalue weighted by molar-refractivity contribution is 5.35. The molecule has 2 aromatic rings. The van der Waals surface area contributed by atoms with Crippen LogP contribution in [0.4, 0.5) is 0 Å². The molecule has 0 fully saturated rings. The van der Waals surface area contributed by atoms with E-state index in [9.17, 15) is 5.11 Å². The third-order valence-electron chi connectivity index (χ3n) is 3.35. The van der Waals surface area contributed by atoms with Crippen LogP contribution in [0, 0.1) is 0 Å². The lowest BCUT2D eigenvalue weighted by molar-refractivity contribution is 0.145. The number of aromatic nitrogens is 3. The molecule has 5 nitrogen and oxygen atoms in total. The lowest BCUT2D eigenvalue weighted by Gasteiger charge is -2.16. The predicted molar refractivity (Wildman–Crippen MR) is 81.3 cm³/mol. The number of aliphatic hydroxyl groups excluding tert-OH is 1.